The Morgan fingerprint density at radius 2 is 0.897 bits per heavy atom. The zero-order valence-corrected chi connectivity index (χ0v) is 38.2. The van der Waals surface area contributed by atoms with Crippen molar-refractivity contribution in [1.82, 2.24) is 0 Å². The fraction of sp³-hybridized carbons (Fsp3) is 0.872. The topological polar surface area (TPSA) is 149 Å². The van der Waals surface area contributed by atoms with Crippen molar-refractivity contribution in [3.05, 3.63) is 24.3 Å². The van der Waals surface area contributed by atoms with E-state index in [1.54, 1.807) is 0 Å². The van der Waals surface area contributed by atoms with Gasteiger partial charge < -0.3 is 24.6 Å². The lowest BCUT2D eigenvalue weighted by Gasteiger charge is -2.20. The number of allylic oxidation sites excluding steroid dienone is 4. The molecule has 0 aromatic carbocycles. The second-order valence-corrected chi connectivity index (χ2v) is 17.6. The Morgan fingerprint density at radius 3 is 1.36 bits per heavy atom. The summed E-state index contributed by atoms with van der Waals surface area (Å²) in [5.41, 5.74) is 0. The Kier molecular flexibility index (Phi) is 42.4. The highest BCUT2D eigenvalue weighted by molar-refractivity contribution is 7.47. The van der Waals surface area contributed by atoms with Crippen LogP contribution in [0.25, 0.3) is 0 Å². The summed E-state index contributed by atoms with van der Waals surface area (Å²) in [5.74, 6) is -0.930. The summed E-state index contributed by atoms with van der Waals surface area (Å²) in [6, 6.07) is 0. The van der Waals surface area contributed by atoms with Crippen LogP contribution in [-0.4, -0.2) is 65.7 Å². The van der Waals surface area contributed by atoms with Crippen LogP contribution in [0.2, 0.25) is 0 Å². The van der Waals surface area contributed by atoms with Gasteiger partial charge in [0.2, 0.25) is 0 Å². The van der Waals surface area contributed by atoms with Crippen LogP contribution in [0.15, 0.2) is 24.3 Å². The number of esters is 2. The maximum absolute atomic E-state index is 12.6. The summed E-state index contributed by atoms with van der Waals surface area (Å²) < 4.78 is 32.8. The SMILES string of the molecule is CCCCC/C=C/C/C=C/CCCCCCCC(=O)OC[C@H](COP(=O)(O)OC[C@@H](O)CO)OC(=O)CCCCCCCCCCCCCCCCCCCCCC. The number of phosphoric acid groups is 1. The third-order valence-electron chi connectivity index (χ3n) is 10.4. The number of carbonyl (C=O) groups is 2. The van der Waals surface area contributed by atoms with Gasteiger partial charge in [-0.3, -0.25) is 18.6 Å². The van der Waals surface area contributed by atoms with Crippen LogP contribution in [-0.2, 0) is 32.7 Å². The fourth-order valence-corrected chi connectivity index (χ4v) is 7.46. The normalized spacial score (nSPS) is 13.9. The summed E-state index contributed by atoms with van der Waals surface area (Å²) >= 11 is 0. The summed E-state index contributed by atoms with van der Waals surface area (Å²) in [6.45, 7) is 2.37. The summed E-state index contributed by atoms with van der Waals surface area (Å²) in [6.07, 6.45) is 44.3. The lowest BCUT2D eigenvalue weighted by Crippen LogP contribution is -2.29. The Labute approximate surface area is 355 Å². The molecule has 0 amide bonds. The van der Waals surface area contributed by atoms with Gasteiger partial charge in [-0.2, -0.15) is 0 Å². The van der Waals surface area contributed by atoms with Crippen molar-refractivity contribution in [2.24, 2.45) is 0 Å². The van der Waals surface area contributed by atoms with Gasteiger partial charge in [-0.05, 0) is 44.9 Å². The van der Waals surface area contributed by atoms with Crippen LogP contribution in [0, 0.1) is 0 Å². The molecule has 1 unspecified atom stereocenters. The van der Waals surface area contributed by atoms with E-state index in [-0.39, 0.29) is 19.4 Å². The Balaban J connectivity index is 4.21. The first-order chi connectivity index (χ1) is 28.2. The number of unbranched alkanes of at least 4 members (excludes halogenated alkanes) is 27. The highest BCUT2D eigenvalue weighted by atomic mass is 31.2. The predicted octanol–water partition coefficient (Wildman–Crippen LogP) is 13.0. The molecule has 58 heavy (non-hydrogen) atoms. The Hall–Kier alpha value is -1.55. The third kappa shape index (κ3) is 42.6. The average Bonchev–Trinajstić information content (AvgIpc) is 3.21. The number of rotatable bonds is 45. The quantitative estimate of drug-likeness (QED) is 0.0234. The molecular formula is C47H89O10P. The maximum atomic E-state index is 12.6. The second kappa shape index (κ2) is 43.5. The van der Waals surface area contributed by atoms with E-state index in [0.29, 0.717) is 12.8 Å². The molecule has 0 aromatic heterocycles. The molecule has 3 N–H and O–H groups in total. The van der Waals surface area contributed by atoms with E-state index < -0.39 is 51.8 Å². The molecule has 0 aliphatic heterocycles. The largest absolute Gasteiger partial charge is 0.472 e. The van der Waals surface area contributed by atoms with Gasteiger partial charge in [-0.15, -0.1) is 0 Å². The van der Waals surface area contributed by atoms with Crippen molar-refractivity contribution >= 4 is 19.8 Å². The van der Waals surface area contributed by atoms with Gasteiger partial charge in [0.15, 0.2) is 6.10 Å². The summed E-state index contributed by atoms with van der Waals surface area (Å²) in [7, 11) is -4.62. The van der Waals surface area contributed by atoms with Crippen LogP contribution < -0.4 is 0 Å². The Bertz CT molecular complexity index is 1020. The molecule has 0 saturated heterocycles. The van der Waals surface area contributed by atoms with Crippen molar-refractivity contribution in [3.8, 4) is 0 Å². The molecule has 0 saturated carbocycles. The second-order valence-electron chi connectivity index (χ2n) is 16.1. The van der Waals surface area contributed by atoms with Crippen molar-refractivity contribution < 1.29 is 47.8 Å². The number of aliphatic hydroxyl groups is 2. The fourth-order valence-electron chi connectivity index (χ4n) is 6.67. The Morgan fingerprint density at radius 1 is 0.517 bits per heavy atom. The first-order valence-corrected chi connectivity index (χ1v) is 25.3. The number of hydrogen-bond acceptors (Lipinski definition) is 9. The molecule has 0 aliphatic rings. The molecule has 342 valence electrons. The molecule has 3 atom stereocenters. The smallest absolute Gasteiger partial charge is 0.462 e. The van der Waals surface area contributed by atoms with Gasteiger partial charge in [0, 0.05) is 12.8 Å². The van der Waals surface area contributed by atoms with Gasteiger partial charge in [-0.25, -0.2) is 4.57 Å². The average molecular weight is 845 g/mol. The monoisotopic (exact) mass is 845 g/mol. The molecular weight excluding hydrogens is 755 g/mol. The van der Waals surface area contributed by atoms with Crippen molar-refractivity contribution in [2.75, 3.05) is 26.4 Å². The zero-order chi connectivity index (χ0) is 42.6. The van der Waals surface area contributed by atoms with Crippen LogP contribution in [0.3, 0.4) is 0 Å². The van der Waals surface area contributed by atoms with E-state index >= 15 is 0 Å². The van der Waals surface area contributed by atoms with Gasteiger partial charge in [-0.1, -0.05) is 192 Å². The zero-order valence-electron chi connectivity index (χ0n) is 37.3. The highest BCUT2D eigenvalue weighted by Gasteiger charge is 2.27. The molecule has 0 aromatic rings. The molecule has 0 aliphatic carbocycles. The van der Waals surface area contributed by atoms with Crippen molar-refractivity contribution in [2.45, 2.75) is 238 Å². The predicted molar refractivity (Wildman–Crippen MR) is 238 cm³/mol. The van der Waals surface area contributed by atoms with Crippen LogP contribution in [0.5, 0.6) is 0 Å². The number of ether oxygens (including phenoxy) is 2. The van der Waals surface area contributed by atoms with Crippen LogP contribution in [0.4, 0.5) is 0 Å². The lowest BCUT2D eigenvalue weighted by molar-refractivity contribution is -0.161. The standard InChI is InChI=1S/C47H89O10P/c1-3-5-7-9-11-13-15-17-19-20-21-22-23-25-27-29-31-33-35-37-39-47(51)57-45(43-56-58(52,53)55-41-44(49)40-48)42-54-46(50)38-36-34-32-30-28-26-24-18-16-14-12-10-8-6-4-2/h12,14,18,24,44-45,48-49H,3-11,13,15-17,19-23,25-43H2,1-2H3,(H,52,53)/b14-12+,24-18+/t44-,45+/m0/s1. The number of phosphoric ester groups is 1. The minimum Gasteiger partial charge on any atom is -0.462 e. The molecule has 0 rings (SSSR count). The summed E-state index contributed by atoms with van der Waals surface area (Å²) in [5, 5.41) is 18.4. The van der Waals surface area contributed by atoms with Crippen molar-refractivity contribution in [1.29, 1.82) is 0 Å². The number of carbonyl (C=O) groups excluding carboxylic acids is 2. The molecule has 11 heteroatoms. The molecule has 0 heterocycles. The molecule has 0 bridgehead atoms. The minimum atomic E-state index is -4.62. The van der Waals surface area contributed by atoms with E-state index in [0.717, 1.165) is 57.8 Å². The molecule has 0 radical (unpaired) electrons. The van der Waals surface area contributed by atoms with E-state index in [1.165, 1.54) is 128 Å². The van der Waals surface area contributed by atoms with Gasteiger partial charge in [0.05, 0.1) is 19.8 Å². The first kappa shape index (κ1) is 56.5. The first-order valence-electron chi connectivity index (χ1n) is 23.8. The van der Waals surface area contributed by atoms with Crippen molar-refractivity contribution in [3.63, 3.8) is 0 Å². The van der Waals surface area contributed by atoms with E-state index in [2.05, 4.69) is 38.2 Å². The van der Waals surface area contributed by atoms with Crippen LogP contribution in [0.1, 0.15) is 226 Å². The molecule has 0 spiro atoms. The van der Waals surface area contributed by atoms with E-state index in [9.17, 15) is 24.2 Å². The minimum absolute atomic E-state index is 0.186. The van der Waals surface area contributed by atoms with Gasteiger partial charge >= 0.3 is 19.8 Å². The van der Waals surface area contributed by atoms with Crippen LogP contribution >= 0.6 is 7.82 Å². The summed E-state index contributed by atoms with van der Waals surface area (Å²) in [4.78, 5) is 35.1. The molecule has 10 nitrogen and oxygen atoms in total. The lowest BCUT2D eigenvalue weighted by atomic mass is 10.0. The van der Waals surface area contributed by atoms with Gasteiger partial charge in [0.1, 0.15) is 12.7 Å². The molecule has 0 fully saturated rings. The maximum Gasteiger partial charge on any atom is 0.472 e. The van der Waals surface area contributed by atoms with E-state index in [4.69, 9.17) is 23.6 Å². The highest BCUT2D eigenvalue weighted by Crippen LogP contribution is 2.43. The van der Waals surface area contributed by atoms with E-state index in [1.807, 2.05) is 0 Å². The van der Waals surface area contributed by atoms with Gasteiger partial charge in [0.25, 0.3) is 0 Å². The number of hydrogen-bond donors (Lipinski definition) is 3. The number of aliphatic hydroxyl groups excluding tert-OH is 2. The third-order valence-corrected chi connectivity index (χ3v) is 11.3.